The largest absolute Gasteiger partial charge is 0.496 e. The monoisotopic (exact) mass is 369 g/mol. The van der Waals surface area contributed by atoms with Gasteiger partial charge in [-0.1, -0.05) is 33.6 Å². The number of carbonyl (C=O) groups excluding carboxylic acids is 1. The topological polar surface area (TPSA) is 61.5 Å². The van der Waals surface area contributed by atoms with Crippen molar-refractivity contribution in [3.05, 3.63) is 57.0 Å². The molecule has 0 heterocycles. The third-order valence-corrected chi connectivity index (χ3v) is 3.66. The molecule has 0 saturated heterocycles. The smallest absolute Gasteiger partial charge is 0.342 e. The van der Waals surface area contributed by atoms with Crippen molar-refractivity contribution in [1.29, 1.82) is 0 Å². The second-order valence-corrected chi connectivity index (χ2v) is 5.59. The van der Waals surface area contributed by atoms with Gasteiger partial charge in [0.1, 0.15) is 17.9 Å². The standard InChI is InChI=1S/C15H13BrClNO3/c1-20-14-7-11(18)4-5-12(14)15(19)21-8-9-2-3-10(16)6-13(9)17/h2-7H,8,18H2,1H3. The van der Waals surface area contributed by atoms with E-state index in [-0.39, 0.29) is 6.61 Å². The van der Waals surface area contributed by atoms with E-state index in [2.05, 4.69) is 15.9 Å². The Hall–Kier alpha value is -1.72. The quantitative estimate of drug-likeness (QED) is 0.651. The lowest BCUT2D eigenvalue weighted by Gasteiger charge is -2.10. The van der Waals surface area contributed by atoms with E-state index < -0.39 is 5.97 Å². The number of ether oxygens (including phenoxy) is 2. The van der Waals surface area contributed by atoms with E-state index in [0.717, 1.165) is 10.0 Å². The van der Waals surface area contributed by atoms with Crippen molar-refractivity contribution in [2.45, 2.75) is 6.61 Å². The number of carbonyl (C=O) groups is 1. The molecule has 6 heteroatoms. The SMILES string of the molecule is COc1cc(N)ccc1C(=O)OCc1ccc(Br)cc1Cl. The highest BCUT2D eigenvalue weighted by Gasteiger charge is 2.14. The zero-order valence-corrected chi connectivity index (χ0v) is 13.6. The highest BCUT2D eigenvalue weighted by atomic mass is 79.9. The number of hydrogen-bond donors (Lipinski definition) is 1. The van der Waals surface area contributed by atoms with Crippen LogP contribution in [0.3, 0.4) is 0 Å². The minimum absolute atomic E-state index is 0.0818. The summed E-state index contributed by atoms with van der Waals surface area (Å²) in [5.41, 5.74) is 7.21. The normalized spacial score (nSPS) is 10.2. The number of nitrogens with two attached hydrogens (primary N) is 1. The number of nitrogen functional groups attached to an aromatic ring is 1. The molecule has 0 aliphatic carbocycles. The first kappa shape index (κ1) is 15.7. The zero-order valence-electron chi connectivity index (χ0n) is 11.2. The molecule has 0 amide bonds. The maximum Gasteiger partial charge on any atom is 0.342 e. The molecule has 2 N–H and O–H groups in total. The van der Waals surface area contributed by atoms with Gasteiger partial charge >= 0.3 is 5.97 Å². The number of esters is 1. The molecule has 0 aliphatic heterocycles. The van der Waals surface area contributed by atoms with E-state index in [1.807, 2.05) is 6.07 Å². The molecule has 2 rings (SSSR count). The van der Waals surface area contributed by atoms with Crippen LogP contribution in [0, 0.1) is 0 Å². The lowest BCUT2D eigenvalue weighted by atomic mass is 10.2. The predicted octanol–water partition coefficient (Wildman–Crippen LogP) is 4.05. The van der Waals surface area contributed by atoms with Gasteiger partial charge in [-0.15, -0.1) is 0 Å². The van der Waals surface area contributed by atoms with E-state index in [1.165, 1.54) is 7.11 Å². The van der Waals surface area contributed by atoms with Crippen LogP contribution in [-0.2, 0) is 11.3 Å². The van der Waals surface area contributed by atoms with Crippen molar-refractivity contribution >= 4 is 39.2 Å². The molecule has 0 aromatic heterocycles. The van der Waals surface area contributed by atoms with Gasteiger partial charge in [0.2, 0.25) is 0 Å². The molecule has 0 aliphatic rings. The molecule has 0 spiro atoms. The summed E-state index contributed by atoms with van der Waals surface area (Å²) in [6.07, 6.45) is 0. The minimum atomic E-state index is -0.495. The third kappa shape index (κ3) is 3.89. The molecule has 0 radical (unpaired) electrons. The summed E-state index contributed by atoms with van der Waals surface area (Å²) in [7, 11) is 1.47. The Balaban J connectivity index is 2.11. The highest BCUT2D eigenvalue weighted by molar-refractivity contribution is 9.10. The van der Waals surface area contributed by atoms with Crippen LogP contribution < -0.4 is 10.5 Å². The number of benzene rings is 2. The molecule has 0 atom stereocenters. The molecule has 4 nitrogen and oxygen atoms in total. The number of methoxy groups -OCH3 is 1. The van der Waals surface area contributed by atoms with Crippen LogP contribution in [0.5, 0.6) is 5.75 Å². The van der Waals surface area contributed by atoms with Gasteiger partial charge in [0.15, 0.2) is 0 Å². The Morgan fingerprint density at radius 3 is 2.71 bits per heavy atom. The van der Waals surface area contributed by atoms with Crippen LogP contribution in [0.4, 0.5) is 5.69 Å². The van der Waals surface area contributed by atoms with E-state index in [0.29, 0.717) is 22.0 Å². The molecule has 21 heavy (non-hydrogen) atoms. The van der Waals surface area contributed by atoms with Crippen molar-refractivity contribution in [1.82, 2.24) is 0 Å². The number of rotatable bonds is 4. The summed E-state index contributed by atoms with van der Waals surface area (Å²) in [5, 5.41) is 0.529. The first-order valence-corrected chi connectivity index (χ1v) is 7.23. The van der Waals surface area contributed by atoms with Crippen LogP contribution >= 0.6 is 27.5 Å². The lowest BCUT2D eigenvalue weighted by molar-refractivity contribution is 0.0469. The second kappa shape index (κ2) is 6.83. The second-order valence-electron chi connectivity index (χ2n) is 4.27. The summed E-state index contributed by atoms with van der Waals surface area (Å²) < 4.78 is 11.2. The van der Waals surface area contributed by atoms with E-state index in [4.69, 9.17) is 26.8 Å². The molecular formula is C15H13BrClNO3. The lowest BCUT2D eigenvalue weighted by Crippen LogP contribution is -2.08. The average molecular weight is 371 g/mol. The Bertz CT molecular complexity index is 676. The molecule has 2 aromatic carbocycles. The first-order valence-electron chi connectivity index (χ1n) is 6.06. The van der Waals surface area contributed by atoms with Crippen molar-refractivity contribution in [2.75, 3.05) is 12.8 Å². The molecule has 0 bridgehead atoms. The van der Waals surface area contributed by atoms with Crippen LogP contribution in [0.2, 0.25) is 5.02 Å². The Kier molecular flexibility index (Phi) is 5.09. The molecule has 0 fully saturated rings. The Morgan fingerprint density at radius 1 is 1.29 bits per heavy atom. The molecule has 0 saturated carbocycles. The van der Waals surface area contributed by atoms with Gasteiger partial charge in [-0.2, -0.15) is 0 Å². The third-order valence-electron chi connectivity index (χ3n) is 2.82. The van der Waals surface area contributed by atoms with Crippen LogP contribution in [0.25, 0.3) is 0 Å². The van der Waals surface area contributed by atoms with Crippen LogP contribution in [-0.4, -0.2) is 13.1 Å². The van der Waals surface area contributed by atoms with Gasteiger partial charge in [-0.05, 0) is 24.3 Å². The minimum Gasteiger partial charge on any atom is -0.496 e. The molecular weight excluding hydrogens is 358 g/mol. The number of anilines is 1. The van der Waals surface area contributed by atoms with E-state index in [9.17, 15) is 4.79 Å². The predicted molar refractivity (Wildman–Crippen MR) is 85.7 cm³/mol. The van der Waals surface area contributed by atoms with Crippen molar-refractivity contribution in [3.63, 3.8) is 0 Å². The molecule has 2 aromatic rings. The maximum atomic E-state index is 12.1. The van der Waals surface area contributed by atoms with Crippen LogP contribution in [0.15, 0.2) is 40.9 Å². The maximum absolute atomic E-state index is 12.1. The summed E-state index contributed by atoms with van der Waals surface area (Å²) in [6.45, 7) is 0.0818. The summed E-state index contributed by atoms with van der Waals surface area (Å²) in [4.78, 5) is 12.1. The number of halogens is 2. The van der Waals surface area contributed by atoms with Gasteiger partial charge in [0, 0.05) is 26.8 Å². The van der Waals surface area contributed by atoms with Gasteiger partial charge in [0.25, 0.3) is 0 Å². The van der Waals surface area contributed by atoms with Gasteiger partial charge in [0.05, 0.1) is 7.11 Å². The van der Waals surface area contributed by atoms with E-state index in [1.54, 1.807) is 30.3 Å². The van der Waals surface area contributed by atoms with E-state index >= 15 is 0 Å². The molecule has 0 unspecified atom stereocenters. The zero-order chi connectivity index (χ0) is 15.4. The van der Waals surface area contributed by atoms with Crippen molar-refractivity contribution in [3.8, 4) is 5.75 Å². The van der Waals surface area contributed by atoms with Crippen molar-refractivity contribution in [2.24, 2.45) is 0 Å². The fourth-order valence-corrected chi connectivity index (χ4v) is 2.46. The highest BCUT2D eigenvalue weighted by Crippen LogP contribution is 2.25. The summed E-state index contributed by atoms with van der Waals surface area (Å²) in [6, 6.07) is 10.1. The fraction of sp³-hybridized carbons (Fsp3) is 0.133. The summed E-state index contributed by atoms with van der Waals surface area (Å²) in [5.74, 6) is -0.118. The Labute approximate surface area is 135 Å². The number of hydrogen-bond acceptors (Lipinski definition) is 4. The fourth-order valence-electron chi connectivity index (χ4n) is 1.74. The van der Waals surface area contributed by atoms with Crippen LogP contribution in [0.1, 0.15) is 15.9 Å². The van der Waals surface area contributed by atoms with Gasteiger partial charge in [-0.3, -0.25) is 0 Å². The molecule has 110 valence electrons. The first-order chi connectivity index (χ1) is 10.0. The summed E-state index contributed by atoms with van der Waals surface area (Å²) >= 11 is 9.39. The Morgan fingerprint density at radius 2 is 2.05 bits per heavy atom. The average Bonchev–Trinajstić information content (AvgIpc) is 2.45. The van der Waals surface area contributed by atoms with Gasteiger partial charge < -0.3 is 15.2 Å². The van der Waals surface area contributed by atoms with Crippen molar-refractivity contribution < 1.29 is 14.3 Å². The van der Waals surface area contributed by atoms with Gasteiger partial charge in [-0.25, -0.2) is 4.79 Å².